The largest absolute Gasteiger partial charge is 0.357 e. The van der Waals surface area contributed by atoms with Crippen LogP contribution in [0.4, 0.5) is 5.69 Å². The van der Waals surface area contributed by atoms with Gasteiger partial charge in [0.1, 0.15) is 12.6 Å². The number of carbonyl (C=O) groups excluding carboxylic acids is 2. The normalized spacial score (nSPS) is 12.7. The van der Waals surface area contributed by atoms with Gasteiger partial charge in [0.15, 0.2) is 0 Å². The molecule has 7 nitrogen and oxygen atoms in total. The Morgan fingerprint density at radius 1 is 1.00 bits per heavy atom. The van der Waals surface area contributed by atoms with Crippen LogP contribution in [0.1, 0.15) is 38.8 Å². The van der Waals surface area contributed by atoms with Gasteiger partial charge in [-0.1, -0.05) is 63.2 Å². The van der Waals surface area contributed by atoms with Gasteiger partial charge in [-0.2, -0.15) is 0 Å². The van der Waals surface area contributed by atoms with Crippen molar-refractivity contribution < 1.29 is 18.0 Å². The van der Waals surface area contributed by atoms with Crippen molar-refractivity contribution in [2.24, 2.45) is 0 Å². The Bertz CT molecular complexity index is 1050. The first-order valence-corrected chi connectivity index (χ1v) is 12.8. The van der Waals surface area contributed by atoms with Crippen molar-refractivity contribution in [3.63, 3.8) is 0 Å². The molecular weight excluding hydrogens is 438 g/mol. The molecule has 0 saturated heterocycles. The molecule has 0 radical (unpaired) electrons. The number of nitrogens with zero attached hydrogens (tertiary/aromatic N) is 2. The third-order valence-electron chi connectivity index (χ3n) is 5.60. The van der Waals surface area contributed by atoms with Gasteiger partial charge < -0.3 is 10.2 Å². The summed E-state index contributed by atoms with van der Waals surface area (Å²) < 4.78 is 26.3. The third kappa shape index (κ3) is 7.32. The summed E-state index contributed by atoms with van der Waals surface area (Å²) in [5.74, 6) is -0.746. The molecule has 2 rings (SSSR count). The maximum absolute atomic E-state index is 13.3. The molecule has 0 aliphatic heterocycles. The Balaban J connectivity index is 2.30. The first kappa shape index (κ1) is 26.4. The lowest BCUT2D eigenvalue weighted by Gasteiger charge is -2.31. The molecule has 2 amide bonds. The van der Waals surface area contributed by atoms with Crippen LogP contribution in [0.15, 0.2) is 54.6 Å². The zero-order valence-electron chi connectivity index (χ0n) is 20.3. The topological polar surface area (TPSA) is 86.8 Å². The molecule has 1 atom stereocenters. The van der Waals surface area contributed by atoms with E-state index in [9.17, 15) is 18.0 Å². The molecule has 0 aliphatic carbocycles. The molecule has 1 unspecified atom stereocenters. The van der Waals surface area contributed by atoms with E-state index < -0.39 is 22.0 Å². The van der Waals surface area contributed by atoms with Gasteiger partial charge in [-0.25, -0.2) is 8.42 Å². The third-order valence-corrected chi connectivity index (χ3v) is 6.74. The molecule has 2 aromatic rings. The summed E-state index contributed by atoms with van der Waals surface area (Å²) in [5.41, 5.74) is 2.41. The molecule has 180 valence electrons. The number of hydrogen-bond acceptors (Lipinski definition) is 4. The van der Waals surface area contributed by atoms with Gasteiger partial charge in [-0.3, -0.25) is 13.9 Å². The molecule has 0 aliphatic rings. The molecule has 0 bridgehead atoms. The van der Waals surface area contributed by atoms with Crippen molar-refractivity contribution in [3.05, 3.63) is 65.7 Å². The lowest BCUT2D eigenvalue weighted by molar-refractivity contribution is -0.138. The number of amides is 2. The average molecular weight is 474 g/mol. The average Bonchev–Trinajstić information content (AvgIpc) is 2.76. The summed E-state index contributed by atoms with van der Waals surface area (Å²) in [6.07, 6.45) is 1.63. The molecular formula is C25H35N3O4S. The lowest BCUT2D eigenvalue weighted by Crippen LogP contribution is -2.51. The summed E-state index contributed by atoms with van der Waals surface area (Å²) in [4.78, 5) is 27.1. The summed E-state index contributed by atoms with van der Waals surface area (Å²) in [5, 5.41) is 2.57. The quantitative estimate of drug-likeness (QED) is 0.607. The standard InChI is InChI=1S/C25H35N3O4S/c1-19(24(30)26-5)27(17-16-20-10-8-7-9-11-20)23(29)18-28(33(6,31)32)22-14-12-21(13-15-22)25(2,3)4/h7-15,19H,16-18H2,1-6H3,(H,26,30). The summed E-state index contributed by atoms with van der Waals surface area (Å²) in [7, 11) is -2.22. The fraction of sp³-hybridized carbons (Fsp3) is 0.440. The predicted octanol–water partition coefficient (Wildman–Crippen LogP) is 2.96. The van der Waals surface area contributed by atoms with E-state index in [0.29, 0.717) is 12.1 Å². The SMILES string of the molecule is CNC(=O)C(C)N(CCc1ccccc1)C(=O)CN(c1ccc(C(C)(C)C)cc1)S(C)(=O)=O. The van der Waals surface area contributed by atoms with Crippen LogP contribution < -0.4 is 9.62 Å². The van der Waals surface area contributed by atoms with E-state index in [1.807, 2.05) is 42.5 Å². The number of benzene rings is 2. The van der Waals surface area contributed by atoms with Crippen LogP contribution >= 0.6 is 0 Å². The molecule has 0 aromatic heterocycles. The van der Waals surface area contributed by atoms with Gasteiger partial charge in [0.25, 0.3) is 0 Å². The monoisotopic (exact) mass is 473 g/mol. The minimum atomic E-state index is -3.73. The van der Waals surface area contributed by atoms with Gasteiger partial charge in [0, 0.05) is 13.6 Å². The summed E-state index contributed by atoms with van der Waals surface area (Å²) in [6, 6.07) is 16.1. The molecule has 33 heavy (non-hydrogen) atoms. The second-order valence-corrected chi connectivity index (χ2v) is 11.1. The molecule has 1 N–H and O–H groups in total. The molecule has 2 aromatic carbocycles. The van der Waals surface area contributed by atoms with Crippen LogP contribution in [0.2, 0.25) is 0 Å². The predicted molar refractivity (Wildman–Crippen MR) is 133 cm³/mol. The first-order valence-electron chi connectivity index (χ1n) is 11.0. The van der Waals surface area contributed by atoms with Crippen molar-refractivity contribution >= 4 is 27.5 Å². The van der Waals surface area contributed by atoms with Crippen LogP contribution in [-0.2, 0) is 31.4 Å². The van der Waals surface area contributed by atoms with Crippen molar-refractivity contribution in [1.29, 1.82) is 0 Å². The maximum Gasteiger partial charge on any atom is 0.244 e. The number of sulfonamides is 1. The Kier molecular flexibility index (Phi) is 8.66. The highest BCUT2D eigenvalue weighted by Crippen LogP contribution is 2.26. The summed E-state index contributed by atoms with van der Waals surface area (Å²) in [6.45, 7) is 7.77. The highest BCUT2D eigenvalue weighted by Gasteiger charge is 2.29. The number of carbonyl (C=O) groups is 2. The second kappa shape index (κ2) is 10.8. The fourth-order valence-electron chi connectivity index (χ4n) is 3.52. The van der Waals surface area contributed by atoms with E-state index in [-0.39, 0.29) is 24.4 Å². The smallest absolute Gasteiger partial charge is 0.244 e. The highest BCUT2D eigenvalue weighted by atomic mass is 32.2. The summed E-state index contributed by atoms with van der Waals surface area (Å²) >= 11 is 0. The van der Waals surface area contributed by atoms with Gasteiger partial charge in [-0.15, -0.1) is 0 Å². The molecule has 0 saturated carbocycles. The van der Waals surface area contributed by atoms with E-state index >= 15 is 0 Å². The molecule has 8 heteroatoms. The minimum absolute atomic E-state index is 0.0819. The fourth-order valence-corrected chi connectivity index (χ4v) is 4.37. The Labute approximate surface area is 197 Å². The Morgan fingerprint density at radius 3 is 2.06 bits per heavy atom. The number of likely N-dealkylation sites (N-methyl/N-ethyl adjacent to an activating group) is 1. The number of nitrogens with one attached hydrogen (secondary N) is 1. The van der Waals surface area contributed by atoms with E-state index in [4.69, 9.17) is 0 Å². The van der Waals surface area contributed by atoms with Crippen molar-refractivity contribution in [1.82, 2.24) is 10.2 Å². The van der Waals surface area contributed by atoms with Crippen molar-refractivity contribution in [2.45, 2.75) is 45.6 Å². The van der Waals surface area contributed by atoms with Crippen LogP contribution in [0.25, 0.3) is 0 Å². The van der Waals surface area contributed by atoms with Crippen LogP contribution in [0, 0.1) is 0 Å². The number of anilines is 1. The zero-order chi connectivity index (χ0) is 24.8. The van der Waals surface area contributed by atoms with Crippen molar-refractivity contribution in [2.75, 3.05) is 30.7 Å². The second-order valence-electron chi connectivity index (χ2n) is 9.18. The molecule has 0 fully saturated rings. The van der Waals surface area contributed by atoms with Gasteiger partial charge >= 0.3 is 0 Å². The van der Waals surface area contributed by atoms with Crippen LogP contribution in [0.5, 0.6) is 0 Å². The number of hydrogen-bond donors (Lipinski definition) is 1. The van der Waals surface area contributed by atoms with Gasteiger partial charge in [0.05, 0.1) is 11.9 Å². The van der Waals surface area contributed by atoms with E-state index in [1.54, 1.807) is 19.1 Å². The van der Waals surface area contributed by atoms with Crippen molar-refractivity contribution in [3.8, 4) is 0 Å². The number of rotatable bonds is 9. The minimum Gasteiger partial charge on any atom is -0.357 e. The van der Waals surface area contributed by atoms with E-state index in [2.05, 4.69) is 26.1 Å². The van der Waals surface area contributed by atoms with E-state index in [1.165, 1.54) is 11.9 Å². The first-order chi connectivity index (χ1) is 15.3. The molecule has 0 spiro atoms. The van der Waals surface area contributed by atoms with Gasteiger partial charge in [-0.05, 0) is 42.0 Å². The van der Waals surface area contributed by atoms with E-state index in [0.717, 1.165) is 21.7 Å². The Morgan fingerprint density at radius 2 is 1.58 bits per heavy atom. The zero-order valence-corrected chi connectivity index (χ0v) is 21.1. The lowest BCUT2D eigenvalue weighted by atomic mass is 9.87. The highest BCUT2D eigenvalue weighted by molar-refractivity contribution is 7.92. The van der Waals surface area contributed by atoms with Crippen LogP contribution in [-0.4, -0.2) is 57.6 Å². The Hall–Kier alpha value is -2.87. The maximum atomic E-state index is 13.3. The van der Waals surface area contributed by atoms with Gasteiger partial charge in [0.2, 0.25) is 21.8 Å². The van der Waals surface area contributed by atoms with Crippen LogP contribution in [0.3, 0.4) is 0 Å². The molecule has 0 heterocycles.